The summed E-state index contributed by atoms with van der Waals surface area (Å²) in [5, 5.41) is 53.3. The minimum absolute atomic E-state index is 0. The van der Waals surface area contributed by atoms with E-state index in [4.69, 9.17) is 0 Å². The molecule has 0 aromatic rings. The van der Waals surface area contributed by atoms with E-state index in [0.717, 1.165) is 9.80 Å². The van der Waals surface area contributed by atoms with Gasteiger partial charge in [0.05, 0.1) is 29.8 Å². The Morgan fingerprint density at radius 3 is 0.781 bits per heavy atom. The second kappa shape index (κ2) is 25.3. The normalized spacial score (nSPS) is 9.34. The van der Waals surface area contributed by atoms with Gasteiger partial charge in [0.2, 0.25) is 0 Å². The number of nitrogens with zero attached hydrogens (tertiary/aromatic N) is 3. The fraction of sp³-hybridized carbons (Fsp3) is 0.643. The zero-order valence-corrected chi connectivity index (χ0v) is 22.7. The van der Waals surface area contributed by atoms with Crippen LogP contribution in [0.1, 0.15) is 0 Å². The monoisotopic (exact) mass is 526 g/mol. The van der Waals surface area contributed by atoms with Gasteiger partial charge in [0.15, 0.2) is 0 Å². The van der Waals surface area contributed by atoms with Crippen LogP contribution in [0.4, 0.5) is 0 Å². The van der Waals surface area contributed by atoms with Crippen LogP contribution in [0.3, 0.4) is 0 Å². The fourth-order valence-electron chi connectivity index (χ4n) is 2.18. The molecule has 0 spiro atoms. The molecule has 0 radical (unpaired) electrons. The van der Waals surface area contributed by atoms with Crippen LogP contribution in [0.5, 0.6) is 0 Å². The third-order valence-electron chi connectivity index (χ3n) is 3.23. The minimum Gasteiger partial charge on any atom is -0.549 e. The minimum atomic E-state index is -1.54. The molecule has 18 heteroatoms. The van der Waals surface area contributed by atoms with Crippen molar-refractivity contribution in [1.29, 1.82) is 0 Å². The van der Waals surface area contributed by atoms with Crippen molar-refractivity contribution in [2.75, 3.05) is 58.9 Å². The number of rotatable bonds is 16. The van der Waals surface area contributed by atoms with E-state index in [0.29, 0.717) is 0 Å². The zero-order valence-electron chi connectivity index (χ0n) is 17.6. The molecule has 0 fully saturated rings. The van der Waals surface area contributed by atoms with Gasteiger partial charge in [0.1, 0.15) is 0 Å². The Morgan fingerprint density at radius 1 is 0.438 bits per heavy atom. The molecule has 0 amide bonds. The van der Waals surface area contributed by atoms with E-state index >= 15 is 0 Å². The van der Waals surface area contributed by atoms with E-state index in [1.54, 1.807) is 0 Å². The number of carboxylic acid groups (broad SMARTS) is 5. The van der Waals surface area contributed by atoms with E-state index in [9.17, 15) is 49.5 Å². The van der Waals surface area contributed by atoms with Crippen LogP contribution in [-0.2, 0) is 41.0 Å². The molecule has 0 saturated carbocycles. The molecule has 0 saturated heterocycles. The summed E-state index contributed by atoms with van der Waals surface area (Å²) in [6.07, 6.45) is 0. The van der Waals surface area contributed by atoms with Crippen molar-refractivity contribution in [2.45, 2.75) is 0 Å². The van der Waals surface area contributed by atoms with Gasteiger partial charge >= 0.3 is 59.1 Å². The SMILES string of the molecule is O.O.O=C([O-])CN(CCN(CC(=O)[O-])CC(=O)[O-])CCN(CC(=O)[O-])CC(=O)[O-].[Fe].[Na+].[Na+]. The van der Waals surface area contributed by atoms with Crippen molar-refractivity contribution in [3.8, 4) is 0 Å². The van der Waals surface area contributed by atoms with Gasteiger partial charge in [-0.3, -0.25) is 14.7 Å². The number of aliphatic carboxylic acids is 5. The van der Waals surface area contributed by atoms with Gasteiger partial charge in [-0.25, -0.2) is 0 Å². The standard InChI is InChI=1S/C14H23N3O10.Fe.2Na.2H2O/c18-10(19)5-15(1-3-16(6-11(20)21)7-12(22)23)2-4-17(8-13(24)25)9-14(26)27;;;;;/h1-9H2,(H,18,19)(H,20,21)(H,22,23)(H,24,25)(H,26,27);;;;2*1H2/q;;2*+1;;/p-5. The fourth-order valence-corrected chi connectivity index (χ4v) is 2.18. The second-order valence-electron chi connectivity index (χ2n) is 5.56. The largest absolute Gasteiger partial charge is 1.00 e. The number of carboxylic acids is 5. The van der Waals surface area contributed by atoms with E-state index in [1.807, 2.05) is 0 Å². The summed E-state index contributed by atoms with van der Waals surface area (Å²) in [6, 6.07) is 0. The quantitative estimate of drug-likeness (QED) is 0.169. The number of hydrogen-bond donors (Lipinski definition) is 0. The van der Waals surface area contributed by atoms with E-state index in [-0.39, 0.29) is 113 Å². The summed E-state index contributed by atoms with van der Waals surface area (Å²) in [7, 11) is 0. The average molecular weight is 526 g/mol. The summed E-state index contributed by atoms with van der Waals surface area (Å²) >= 11 is 0. The molecule has 0 aliphatic heterocycles. The Kier molecular flexibility index (Phi) is 35.7. The first-order valence-electron chi connectivity index (χ1n) is 7.66. The van der Waals surface area contributed by atoms with Gasteiger partial charge < -0.3 is 60.5 Å². The molecule has 0 aromatic carbocycles. The summed E-state index contributed by atoms with van der Waals surface area (Å²) < 4.78 is 0. The molecule has 15 nitrogen and oxygen atoms in total. The van der Waals surface area contributed by atoms with Gasteiger partial charge in [-0.15, -0.1) is 0 Å². The average Bonchev–Trinajstić information content (AvgIpc) is 2.46. The molecule has 0 rings (SSSR count). The summed E-state index contributed by atoms with van der Waals surface area (Å²) in [6.45, 7) is -4.16. The van der Waals surface area contributed by atoms with E-state index in [1.165, 1.54) is 4.90 Å². The molecule has 0 aliphatic rings. The first-order chi connectivity index (χ1) is 12.5. The molecule has 0 aliphatic carbocycles. The first kappa shape index (κ1) is 45.2. The third-order valence-corrected chi connectivity index (χ3v) is 3.23. The third kappa shape index (κ3) is 27.7. The van der Waals surface area contributed by atoms with Crippen molar-refractivity contribution < 1.29 is 137 Å². The van der Waals surface area contributed by atoms with Crippen molar-refractivity contribution in [2.24, 2.45) is 0 Å². The van der Waals surface area contributed by atoms with Gasteiger partial charge in [-0.1, -0.05) is 0 Å². The molecular weight excluding hydrogens is 504 g/mol. The molecule has 0 bridgehead atoms. The van der Waals surface area contributed by atoms with Gasteiger partial charge in [-0.2, -0.15) is 0 Å². The van der Waals surface area contributed by atoms with Crippen molar-refractivity contribution >= 4 is 29.8 Å². The van der Waals surface area contributed by atoms with Crippen molar-refractivity contribution in [1.82, 2.24) is 14.7 Å². The summed E-state index contributed by atoms with van der Waals surface area (Å²) in [5.74, 6) is -7.67. The maximum absolute atomic E-state index is 10.8. The van der Waals surface area contributed by atoms with Crippen LogP contribution in [0.15, 0.2) is 0 Å². The molecule has 32 heavy (non-hydrogen) atoms. The topological polar surface area (TPSA) is 273 Å². The maximum Gasteiger partial charge on any atom is 1.00 e. The van der Waals surface area contributed by atoms with Crippen molar-refractivity contribution in [3.05, 3.63) is 0 Å². The Morgan fingerprint density at radius 2 is 0.594 bits per heavy atom. The van der Waals surface area contributed by atoms with Gasteiger partial charge in [-0.05, 0) is 0 Å². The van der Waals surface area contributed by atoms with Crippen LogP contribution in [0.25, 0.3) is 0 Å². The first-order valence-corrected chi connectivity index (χ1v) is 7.66. The predicted octanol–water partition coefficient (Wildman–Crippen LogP) is -17.0. The van der Waals surface area contributed by atoms with E-state index < -0.39 is 62.6 Å². The number of hydrogen-bond acceptors (Lipinski definition) is 13. The second-order valence-corrected chi connectivity index (χ2v) is 5.56. The van der Waals surface area contributed by atoms with Crippen LogP contribution >= 0.6 is 0 Å². The molecule has 178 valence electrons. The molecule has 0 unspecified atom stereocenters. The van der Waals surface area contributed by atoms with Crippen LogP contribution < -0.4 is 84.6 Å². The van der Waals surface area contributed by atoms with E-state index in [2.05, 4.69) is 0 Å². The van der Waals surface area contributed by atoms with Gasteiger partial charge in [0, 0.05) is 76.0 Å². The summed E-state index contributed by atoms with van der Waals surface area (Å²) in [5.41, 5.74) is 0. The predicted molar refractivity (Wildman–Crippen MR) is 81.6 cm³/mol. The Balaban J connectivity index is -0.000000338. The summed E-state index contributed by atoms with van der Waals surface area (Å²) in [4.78, 5) is 56.4. The van der Waals surface area contributed by atoms with Crippen molar-refractivity contribution in [3.63, 3.8) is 0 Å². The smallest absolute Gasteiger partial charge is 0.549 e. The van der Waals surface area contributed by atoms with Gasteiger partial charge in [0.25, 0.3) is 0 Å². The van der Waals surface area contributed by atoms with Crippen LogP contribution in [0.2, 0.25) is 0 Å². The molecular formula is C14H22FeN3Na2O12-3. The molecule has 0 aromatic heterocycles. The Bertz CT molecular complexity index is 501. The van der Waals surface area contributed by atoms with Crippen LogP contribution in [-0.4, -0.2) is 114 Å². The molecule has 0 atom stereocenters. The molecule has 0 heterocycles. The molecule has 4 N–H and O–H groups in total. The maximum atomic E-state index is 10.8. The Hall–Kier alpha value is -0.331. The number of carbonyl (C=O) groups is 5. The number of carbonyl (C=O) groups excluding carboxylic acids is 5. The Labute approximate surface area is 238 Å². The zero-order chi connectivity index (χ0) is 21.0. The van der Waals surface area contributed by atoms with Crippen LogP contribution in [0, 0.1) is 0 Å².